The van der Waals surface area contributed by atoms with Gasteiger partial charge in [0.1, 0.15) is 5.82 Å². The molecule has 1 fully saturated rings. The van der Waals surface area contributed by atoms with E-state index in [-0.39, 0.29) is 11.4 Å². The van der Waals surface area contributed by atoms with Crippen LogP contribution in [0.2, 0.25) is 0 Å². The summed E-state index contributed by atoms with van der Waals surface area (Å²) in [6.45, 7) is 0.863. The van der Waals surface area contributed by atoms with E-state index < -0.39 is 0 Å². The fourth-order valence-corrected chi connectivity index (χ4v) is 2.68. The molecule has 0 unspecified atom stereocenters. The van der Waals surface area contributed by atoms with Crippen molar-refractivity contribution in [2.75, 3.05) is 26.0 Å². The SMILES string of the molecule is CN(C)C1(CNc2nc3ccc(F)cc3[nH]2)CCC1. The average molecular weight is 262 g/mol. The first-order valence-electron chi connectivity index (χ1n) is 6.66. The van der Waals surface area contributed by atoms with Crippen molar-refractivity contribution in [2.24, 2.45) is 0 Å². The minimum absolute atomic E-state index is 0.240. The van der Waals surface area contributed by atoms with Crippen LogP contribution in [0.3, 0.4) is 0 Å². The minimum atomic E-state index is -0.244. The summed E-state index contributed by atoms with van der Waals surface area (Å²) in [4.78, 5) is 9.82. The van der Waals surface area contributed by atoms with E-state index in [0.29, 0.717) is 5.95 Å². The first-order chi connectivity index (χ1) is 9.09. The summed E-state index contributed by atoms with van der Waals surface area (Å²) in [5.74, 6) is 0.472. The molecule has 2 aromatic rings. The van der Waals surface area contributed by atoms with Crippen molar-refractivity contribution < 1.29 is 4.39 Å². The van der Waals surface area contributed by atoms with Crippen molar-refractivity contribution in [3.8, 4) is 0 Å². The molecule has 1 aromatic heterocycles. The largest absolute Gasteiger partial charge is 0.354 e. The van der Waals surface area contributed by atoms with E-state index in [2.05, 4.69) is 34.3 Å². The molecular formula is C14H19FN4. The number of rotatable bonds is 4. The molecule has 1 saturated carbocycles. The third kappa shape index (κ3) is 2.18. The van der Waals surface area contributed by atoms with Crippen molar-refractivity contribution in [1.82, 2.24) is 14.9 Å². The minimum Gasteiger partial charge on any atom is -0.354 e. The van der Waals surface area contributed by atoms with Crippen LogP contribution >= 0.6 is 0 Å². The first-order valence-corrected chi connectivity index (χ1v) is 6.66. The fraction of sp³-hybridized carbons (Fsp3) is 0.500. The summed E-state index contributed by atoms with van der Waals surface area (Å²) in [6, 6.07) is 4.59. The molecular weight excluding hydrogens is 243 g/mol. The maximum Gasteiger partial charge on any atom is 0.201 e. The van der Waals surface area contributed by atoms with Gasteiger partial charge in [-0.25, -0.2) is 9.37 Å². The summed E-state index contributed by atoms with van der Waals surface area (Å²) < 4.78 is 13.1. The molecule has 0 saturated heterocycles. The highest BCUT2D eigenvalue weighted by atomic mass is 19.1. The molecule has 3 rings (SSSR count). The Balaban J connectivity index is 1.75. The Morgan fingerprint density at radius 3 is 2.84 bits per heavy atom. The van der Waals surface area contributed by atoms with Gasteiger partial charge in [0.25, 0.3) is 0 Å². The zero-order valence-electron chi connectivity index (χ0n) is 11.3. The smallest absolute Gasteiger partial charge is 0.201 e. The zero-order valence-corrected chi connectivity index (χ0v) is 11.3. The Labute approximate surface area is 112 Å². The van der Waals surface area contributed by atoms with E-state index in [9.17, 15) is 4.39 Å². The van der Waals surface area contributed by atoms with E-state index >= 15 is 0 Å². The van der Waals surface area contributed by atoms with Crippen LogP contribution in [0.25, 0.3) is 11.0 Å². The molecule has 0 amide bonds. The third-order valence-corrected chi connectivity index (χ3v) is 4.26. The monoisotopic (exact) mass is 262 g/mol. The van der Waals surface area contributed by atoms with Crippen LogP contribution in [-0.4, -0.2) is 41.0 Å². The molecule has 1 aliphatic carbocycles. The molecule has 0 spiro atoms. The van der Waals surface area contributed by atoms with Crippen molar-refractivity contribution in [1.29, 1.82) is 0 Å². The van der Waals surface area contributed by atoms with Crippen molar-refractivity contribution in [3.63, 3.8) is 0 Å². The Bertz CT molecular complexity index is 586. The highest BCUT2D eigenvalue weighted by molar-refractivity contribution is 5.77. The van der Waals surface area contributed by atoms with Gasteiger partial charge in [0.15, 0.2) is 0 Å². The number of aromatic amines is 1. The quantitative estimate of drug-likeness (QED) is 0.890. The van der Waals surface area contributed by atoms with Gasteiger partial charge in [-0.2, -0.15) is 0 Å². The Morgan fingerprint density at radius 2 is 2.21 bits per heavy atom. The fourth-order valence-electron chi connectivity index (χ4n) is 2.68. The molecule has 0 bridgehead atoms. The second-order valence-electron chi connectivity index (χ2n) is 5.57. The van der Waals surface area contributed by atoms with E-state index in [1.165, 1.54) is 31.4 Å². The standard InChI is InChI=1S/C14H19FN4/c1-19(2)14(6-3-7-14)9-16-13-17-11-5-4-10(15)8-12(11)18-13/h4-5,8H,3,6-7,9H2,1-2H3,(H2,16,17,18). The van der Waals surface area contributed by atoms with Gasteiger partial charge in [-0.3, -0.25) is 0 Å². The molecule has 0 radical (unpaired) electrons. The Morgan fingerprint density at radius 1 is 1.42 bits per heavy atom. The number of fused-ring (bicyclic) bond motifs is 1. The second kappa shape index (κ2) is 4.49. The highest BCUT2D eigenvalue weighted by Gasteiger charge is 2.38. The Hall–Kier alpha value is -1.62. The van der Waals surface area contributed by atoms with Gasteiger partial charge in [0.05, 0.1) is 11.0 Å². The summed E-state index contributed by atoms with van der Waals surface area (Å²) in [5, 5.41) is 3.35. The van der Waals surface area contributed by atoms with Crippen LogP contribution in [0.5, 0.6) is 0 Å². The number of H-pyrrole nitrogens is 1. The van der Waals surface area contributed by atoms with Gasteiger partial charge in [0.2, 0.25) is 5.95 Å². The zero-order chi connectivity index (χ0) is 13.5. The summed E-state index contributed by atoms with van der Waals surface area (Å²) in [6.07, 6.45) is 3.70. The lowest BCUT2D eigenvalue weighted by molar-refractivity contribution is 0.0737. The van der Waals surface area contributed by atoms with Crippen LogP contribution in [0.4, 0.5) is 10.3 Å². The average Bonchev–Trinajstić information content (AvgIpc) is 2.68. The molecule has 0 atom stereocenters. The lowest BCUT2D eigenvalue weighted by atomic mass is 9.75. The lowest BCUT2D eigenvalue weighted by Gasteiger charge is -2.47. The maximum absolute atomic E-state index is 13.1. The molecule has 1 aromatic carbocycles. The Kier molecular flexibility index (Phi) is 2.93. The number of benzene rings is 1. The van der Waals surface area contributed by atoms with E-state index in [4.69, 9.17) is 0 Å². The van der Waals surface area contributed by atoms with Crippen molar-refractivity contribution >= 4 is 17.0 Å². The van der Waals surface area contributed by atoms with Gasteiger partial charge in [-0.15, -0.1) is 0 Å². The van der Waals surface area contributed by atoms with Crippen LogP contribution in [0, 0.1) is 5.82 Å². The number of likely N-dealkylation sites (N-methyl/N-ethyl adjacent to an activating group) is 1. The van der Waals surface area contributed by atoms with Crippen LogP contribution in [0.1, 0.15) is 19.3 Å². The molecule has 19 heavy (non-hydrogen) atoms. The summed E-state index contributed by atoms with van der Waals surface area (Å²) in [7, 11) is 4.24. The highest BCUT2D eigenvalue weighted by Crippen LogP contribution is 2.36. The van der Waals surface area contributed by atoms with Gasteiger partial charge >= 0.3 is 0 Å². The number of nitrogens with one attached hydrogen (secondary N) is 2. The molecule has 5 heteroatoms. The lowest BCUT2D eigenvalue weighted by Crippen LogP contribution is -2.54. The second-order valence-corrected chi connectivity index (χ2v) is 5.57. The van der Waals surface area contributed by atoms with Gasteiger partial charge < -0.3 is 15.2 Å². The summed E-state index contributed by atoms with van der Waals surface area (Å²) in [5.41, 5.74) is 1.76. The molecule has 2 N–H and O–H groups in total. The van der Waals surface area contributed by atoms with Gasteiger partial charge in [0, 0.05) is 12.1 Å². The van der Waals surface area contributed by atoms with Crippen molar-refractivity contribution in [3.05, 3.63) is 24.0 Å². The number of hydrogen-bond donors (Lipinski definition) is 2. The van der Waals surface area contributed by atoms with Gasteiger partial charge in [-0.1, -0.05) is 0 Å². The van der Waals surface area contributed by atoms with E-state index in [0.717, 1.165) is 17.6 Å². The summed E-state index contributed by atoms with van der Waals surface area (Å²) >= 11 is 0. The van der Waals surface area contributed by atoms with E-state index in [1.54, 1.807) is 6.07 Å². The molecule has 102 valence electrons. The number of aromatic nitrogens is 2. The maximum atomic E-state index is 13.1. The molecule has 1 aliphatic rings. The molecule has 0 aliphatic heterocycles. The number of halogens is 1. The predicted molar refractivity (Wildman–Crippen MR) is 74.8 cm³/mol. The third-order valence-electron chi connectivity index (χ3n) is 4.26. The number of imidazole rings is 1. The van der Waals surface area contributed by atoms with Crippen LogP contribution < -0.4 is 5.32 Å². The topological polar surface area (TPSA) is 44.0 Å². The van der Waals surface area contributed by atoms with Crippen LogP contribution in [0.15, 0.2) is 18.2 Å². The first kappa shape index (κ1) is 12.4. The van der Waals surface area contributed by atoms with Crippen LogP contribution in [-0.2, 0) is 0 Å². The number of anilines is 1. The number of nitrogens with zero attached hydrogens (tertiary/aromatic N) is 2. The molecule has 4 nitrogen and oxygen atoms in total. The predicted octanol–water partition coefficient (Wildman–Crippen LogP) is 2.60. The normalized spacial score (nSPS) is 17.7. The molecule has 1 heterocycles. The van der Waals surface area contributed by atoms with Gasteiger partial charge in [-0.05, 0) is 51.6 Å². The van der Waals surface area contributed by atoms with E-state index in [1.807, 2.05) is 0 Å². The number of hydrogen-bond acceptors (Lipinski definition) is 3. The van der Waals surface area contributed by atoms with Crippen molar-refractivity contribution in [2.45, 2.75) is 24.8 Å².